The number of pyridine rings is 1. The van der Waals surface area contributed by atoms with E-state index in [4.69, 9.17) is 22.3 Å². The zero-order valence-corrected chi connectivity index (χ0v) is 19.2. The number of rotatable bonds is 6. The quantitative estimate of drug-likeness (QED) is 0.197. The number of benzene rings is 3. The summed E-state index contributed by atoms with van der Waals surface area (Å²) in [6.45, 7) is 2.61. The minimum Gasteiger partial charge on any atom is -0.369 e. The number of nitrogens with zero attached hydrogens (tertiary/aromatic N) is 2. The lowest BCUT2D eigenvalue weighted by Crippen LogP contribution is -2.30. The van der Waals surface area contributed by atoms with Crippen LogP contribution >= 0.6 is 23.5 Å². The molecule has 0 saturated carbocycles. The molecule has 32 heavy (non-hydrogen) atoms. The molecule has 0 amide bonds. The van der Waals surface area contributed by atoms with Crippen LogP contribution in [0.4, 0.5) is 0 Å². The van der Waals surface area contributed by atoms with Gasteiger partial charge in [-0.05, 0) is 48.4 Å². The summed E-state index contributed by atoms with van der Waals surface area (Å²) in [5.74, 6) is 0.373. The van der Waals surface area contributed by atoms with Gasteiger partial charge in [-0.25, -0.2) is 0 Å². The largest absolute Gasteiger partial charge is 0.369 e. The molecule has 3 N–H and O–H groups in total. The molecule has 0 aliphatic heterocycles. The minimum atomic E-state index is 0.373. The molecule has 160 valence electrons. The lowest BCUT2D eigenvalue weighted by atomic mass is 9.97. The second-order valence-electron chi connectivity index (χ2n) is 7.35. The Morgan fingerprint density at radius 1 is 0.969 bits per heavy atom. The number of halogens is 1. The van der Waals surface area contributed by atoms with E-state index in [9.17, 15) is 0 Å². The van der Waals surface area contributed by atoms with E-state index in [0.717, 1.165) is 32.8 Å². The van der Waals surface area contributed by atoms with Crippen molar-refractivity contribution in [3.8, 4) is 22.4 Å². The summed E-state index contributed by atoms with van der Waals surface area (Å²) in [5, 5.41) is 3.88. The van der Waals surface area contributed by atoms with Crippen molar-refractivity contribution in [2.24, 2.45) is 10.1 Å². The Hall–Kier alpha value is -3.28. The average Bonchev–Trinajstić information content (AvgIpc) is 2.83. The SMILES string of the molecule is Cc1ccc(-c2cc(CN/C(N)=N/Sc3ccccc3)cnc2-c2ccc(Cl)cc2)cc1. The smallest absolute Gasteiger partial charge is 0.201 e. The highest BCUT2D eigenvalue weighted by atomic mass is 35.5. The van der Waals surface area contributed by atoms with Crippen LogP contribution in [0, 0.1) is 6.92 Å². The number of aromatic nitrogens is 1. The molecule has 4 rings (SSSR count). The summed E-state index contributed by atoms with van der Waals surface area (Å²) in [4.78, 5) is 5.81. The van der Waals surface area contributed by atoms with Gasteiger partial charge in [0.15, 0.2) is 0 Å². The molecule has 6 heteroatoms. The molecule has 0 fully saturated rings. The Labute approximate surface area is 197 Å². The molecule has 0 spiro atoms. The van der Waals surface area contributed by atoms with Crippen molar-refractivity contribution in [3.05, 3.63) is 107 Å². The fourth-order valence-electron chi connectivity index (χ4n) is 3.20. The van der Waals surface area contributed by atoms with Crippen molar-refractivity contribution >= 4 is 29.5 Å². The highest BCUT2D eigenvalue weighted by molar-refractivity contribution is 7.98. The van der Waals surface area contributed by atoms with Gasteiger partial charge in [-0.1, -0.05) is 71.8 Å². The molecule has 0 atom stereocenters. The topological polar surface area (TPSA) is 63.3 Å². The molecule has 1 heterocycles. The second kappa shape index (κ2) is 10.4. The van der Waals surface area contributed by atoms with Crippen molar-refractivity contribution in [3.63, 3.8) is 0 Å². The van der Waals surface area contributed by atoms with E-state index in [0.29, 0.717) is 17.5 Å². The van der Waals surface area contributed by atoms with Crippen molar-refractivity contribution in [1.29, 1.82) is 0 Å². The third kappa shape index (κ3) is 5.69. The molecule has 3 aromatic carbocycles. The van der Waals surface area contributed by atoms with Gasteiger partial charge in [-0.15, -0.1) is 0 Å². The molecular formula is C26H23ClN4S. The molecular weight excluding hydrogens is 436 g/mol. The van der Waals surface area contributed by atoms with Crippen molar-refractivity contribution in [1.82, 2.24) is 10.3 Å². The van der Waals surface area contributed by atoms with E-state index < -0.39 is 0 Å². The number of hydrogen-bond donors (Lipinski definition) is 2. The van der Waals surface area contributed by atoms with Crippen molar-refractivity contribution in [2.75, 3.05) is 0 Å². The zero-order chi connectivity index (χ0) is 22.3. The third-order valence-corrected chi connectivity index (χ3v) is 5.91. The summed E-state index contributed by atoms with van der Waals surface area (Å²) >= 11 is 7.42. The lowest BCUT2D eigenvalue weighted by molar-refractivity contribution is 0.900. The van der Waals surface area contributed by atoms with Gasteiger partial charge in [0.25, 0.3) is 0 Å². The molecule has 0 unspecified atom stereocenters. The standard InChI is InChI=1S/C26H23ClN4S/c1-18-7-9-20(10-8-18)24-15-19(16-29-25(24)21-11-13-22(27)14-12-21)17-30-26(28)31-32-23-5-3-2-4-6-23/h2-16H,17H2,1H3,(H3,28,30,31). The fourth-order valence-corrected chi connectivity index (χ4v) is 3.88. The number of nitrogens with two attached hydrogens (primary N) is 1. The highest BCUT2D eigenvalue weighted by Crippen LogP contribution is 2.32. The highest BCUT2D eigenvalue weighted by Gasteiger charge is 2.11. The monoisotopic (exact) mass is 458 g/mol. The van der Waals surface area contributed by atoms with Gasteiger partial charge >= 0.3 is 0 Å². The predicted octanol–water partition coefficient (Wildman–Crippen LogP) is 6.49. The van der Waals surface area contributed by atoms with E-state index in [2.05, 4.69) is 47.0 Å². The van der Waals surface area contributed by atoms with Crippen LogP contribution in [0.3, 0.4) is 0 Å². The number of nitrogens with one attached hydrogen (secondary N) is 1. The van der Waals surface area contributed by atoms with Gasteiger partial charge in [0.05, 0.1) is 5.69 Å². The number of hydrogen-bond acceptors (Lipinski definition) is 3. The minimum absolute atomic E-state index is 0.373. The lowest BCUT2D eigenvalue weighted by Gasteiger charge is -2.13. The molecule has 1 aromatic heterocycles. The van der Waals surface area contributed by atoms with Crippen LogP contribution in [0.15, 0.2) is 100 Å². The molecule has 0 aliphatic carbocycles. The zero-order valence-electron chi connectivity index (χ0n) is 17.6. The predicted molar refractivity (Wildman–Crippen MR) is 136 cm³/mol. The van der Waals surface area contributed by atoms with Crippen molar-refractivity contribution < 1.29 is 0 Å². The average molecular weight is 459 g/mol. The normalized spacial score (nSPS) is 11.4. The maximum Gasteiger partial charge on any atom is 0.201 e. The molecule has 0 saturated heterocycles. The Morgan fingerprint density at radius 2 is 1.66 bits per heavy atom. The van der Waals surface area contributed by atoms with E-state index >= 15 is 0 Å². The van der Waals surface area contributed by atoms with E-state index in [1.165, 1.54) is 17.5 Å². The van der Waals surface area contributed by atoms with Crippen LogP contribution in [0.25, 0.3) is 22.4 Å². The van der Waals surface area contributed by atoms with E-state index in [-0.39, 0.29) is 0 Å². The number of guanidine groups is 1. The Kier molecular flexibility index (Phi) is 7.10. The summed E-state index contributed by atoms with van der Waals surface area (Å²) in [6.07, 6.45) is 1.87. The van der Waals surface area contributed by atoms with Gasteiger partial charge in [-0.2, -0.15) is 4.40 Å². The van der Waals surface area contributed by atoms with Gasteiger partial charge in [-0.3, -0.25) is 4.98 Å². The summed E-state index contributed by atoms with van der Waals surface area (Å²) in [6, 6.07) is 28.3. The summed E-state index contributed by atoms with van der Waals surface area (Å²) in [5.41, 5.74) is 12.4. The maximum absolute atomic E-state index is 6.08. The Balaban J connectivity index is 1.57. The molecule has 4 aromatic rings. The van der Waals surface area contributed by atoms with E-state index in [1.54, 1.807) is 0 Å². The first-order valence-corrected chi connectivity index (χ1v) is 11.3. The first kappa shape index (κ1) is 21.9. The first-order valence-electron chi connectivity index (χ1n) is 10.2. The fraction of sp³-hybridized carbons (Fsp3) is 0.0769. The van der Waals surface area contributed by atoms with Crippen LogP contribution < -0.4 is 11.1 Å². The van der Waals surface area contributed by atoms with Crippen LogP contribution in [-0.2, 0) is 6.54 Å². The molecule has 0 radical (unpaired) electrons. The van der Waals surface area contributed by atoms with Gasteiger partial charge in [0.2, 0.25) is 5.96 Å². The summed E-state index contributed by atoms with van der Waals surface area (Å²) in [7, 11) is 0. The molecule has 0 bridgehead atoms. The van der Waals surface area contributed by atoms with Crippen LogP contribution in [0.1, 0.15) is 11.1 Å². The Bertz CT molecular complexity index is 1210. The number of aryl methyl sites for hydroxylation is 1. The van der Waals surface area contributed by atoms with E-state index in [1.807, 2.05) is 60.8 Å². The van der Waals surface area contributed by atoms with Gasteiger partial charge in [0.1, 0.15) is 0 Å². The van der Waals surface area contributed by atoms with Gasteiger partial charge < -0.3 is 11.1 Å². The van der Waals surface area contributed by atoms with Crippen LogP contribution in [0.5, 0.6) is 0 Å². The third-order valence-electron chi connectivity index (χ3n) is 4.89. The summed E-state index contributed by atoms with van der Waals surface area (Å²) < 4.78 is 4.34. The van der Waals surface area contributed by atoms with Gasteiger partial charge in [0, 0.05) is 45.7 Å². The molecule has 4 nitrogen and oxygen atoms in total. The first-order chi connectivity index (χ1) is 15.6. The maximum atomic E-state index is 6.08. The van der Waals surface area contributed by atoms with Crippen molar-refractivity contribution in [2.45, 2.75) is 18.4 Å². The van der Waals surface area contributed by atoms with Crippen LogP contribution in [-0.4, -0.2) is 10.9 Å². The van der Waals surface area contributed by atoms with Crippen LogP contribution in [0.2, 0.25) is 5.02 Å². The molecule has 0 aliphatic rings. The Morgan fingerprint density at radius 3 is 2.38 bits per heavy atom. The second-order valence-corrected chi connectivity index (χ2v) is 8.62.